The van der Waals surface area contributed by atoms with Crippen LogP contribution in [0.2, 0.25) is 10.0 Å². The molecule has 0 amide bonds. The van der Waals surface area contributed by atoms with Gasteiger partial charge in [-0.3, -0.25) is 0 Å². The van der Waals surface area contributed by atoms with E-state index in [1.807, 2.05) is 6.92 Å². The largest absolute Gasteiger partial charge is 0.396 e. The van der Waals surface area contributed by atoms with Crippen molar-refractivity contribution in [2.75, 3.05) is 13.2 Å². The second-order valence-corrected chi connectivity index (χ2v) is 6.72. The van der Waals surface area contributed by atoms with Crippen LogP contribution in [-0.4, -0.2) is 18.3 Å². The zero-order valence-electron chi connectivity index (χ0n) is 12.2. The normalized spacial score (nSPS) is 24.0. The quantitative estimate of drug-likeness (QED) is 0.773. The van der Waals surface area contributed by atoms with Crippen LogP contribution >= 0.6 is 23.2 Å². The lowest BCUT2D eigenvalue weighted by Crippen LogP contribution is -2.33. The van der Waals surface area contributed by atoms with Gasteiger partial charge in [-0.2, -0.15) is 0 Å². The summed E-state index contributed by atoms with van der Waals surface area (Å²) in [5.74, 6) is 0.397. The molecule has 2 N–H and O–H groups in total. The van der Waals surface area contributed by atoms with E-state index in [9.17, 15) is 9.50 Å². The molecule has 21 heavy (non-hydrogen) atoms. The average Bonchev–Trinajstić information content (AvgIpc) is 2.48. The van der Waals surface area contributed by atoms with Gasteiger partial charge >= 0.3 is 0 Å². The summed E-state index contributed by atoms with van der Waals surface area (Å²) >= 11 is 11.9. The molecule has 0 saturated heterocycles. The summed E-state index contributed by atoms with van der Waals surface area (Å²) in [6, 6.07) is 2.79. The molecular formula is C16H22Cl2FNO. The molecule has 1 fully saturated rings. The van der Waals surface area contributed by atoms with Gasteiger partial charge in [-0.15, -0.1) is 0 Å². The van der Waals surface area contributed by atoms with Crippen LogP contribution in [0.4, 0.5) is 4.39 Å². The van der Waals surface area contributed by atoms with Gasteiger partial charge in [0, 0.05) is 17.7 Å². The topological polar surface area (TPSA) is 32.3 Å². The van der Waals surface area contributed by atoms with E-state index in [0.717, 1.165) is 24.9 Å². The summed E-state index contributed by atoms with van der Waals surface area (Å²) in [5.41, 5.74) is 0.718. The van der Waals surface area contributed by atoms with Crippen molar-refractivity contribution in [3.05, 3.63) is 33.6 Å². The SMILES string of the molecule is CC(NCC1CCCCC1CO)c1cc(F)c(Cl)cc1Cl. The highest BCUT2D eigenvalue weighted by Crippen LogP contribution is 2.31. The van der Waals surface area contributed by atoms with Crippen molar-refractivity contribution in [1.82, 2.24) is 5.32 Å². The Bertz CT molecular complexity index is 484. The Morgan fingerprint density at radius 2 is 1.90 bits per heavy atom. The van der Waals surface area contributed by atoms with Crippen LogP contribution in [0.5, 0.6) is 0 Å². The molecular weight excluding hydrogens is 312 g/mol. The first kappa shape index (κ1) is 17.0. The van der Waals surface area contributed by atoms with Crippen molar-refractivity contribution in [1.29, 1.82) is 0 Å². The molecule has 1 aliphatic rings. The van der Waals surface area contributed by atoms with Crippen LogP contribution in [0.3, 0.4) is 0 Å². The summed E-state index contributed by atoms with van der Waals surface area (Å²) in [6.07, 6.45) is 4.64. The van der Waals surface area contributed by atoms with Crippen molar-refractivity contribution in [2.45, 2.75) is 38.6 Å². The maximum Gasteiger partial charge on any atom is 0.142 e. The van der Waals surface area contributed by atoms with E-state index in [2.05, 4.69) is 5.32 Å². The second-order valence-electron chi connectivity index (χ2n) is 5.90. The Morgan fingerprint density at radius 1 is 1.24 bits per heavy atom. The fourth-order valence-corrected chi connectivity index (χ4v) is 3.65. The van der Waals surface area contributed by atoms with Gasteiger partial charge < -0.3 is 10.4 Å². The maximum absolute atomic E-state index is 13.6. The third-order valence-corrected chi connectivity index (χ3v) is 5.11. The Hall–Kier alpha value is -0.350. The molecule has 0 aromatic heterocycles. The Balaban J connectivity index is 1.98. The molecule has 0 bridgehead atoms. The number of hydrogen-bond acceptors (Lipinski definition) is 2. The van der Waals surface area contributed by atoms with Crippen LogP contribution in [0.15, 0.2) is 12.1 Å². The van der Waals surface area contributed by atoms with Crippen LogP contribution in [0.1, 0.15) is 44.2 Å². The van der Waals surface area contributed by atoms with E-state index in [-0.39, 0.29) is 17.7 Å². The Labute approximate surface area is 135 Å². The predicted molar refractivity (Wildman–Crippen MR) is 85.4 cm³/mol. The molecule has 1 saturated carbocycles. The lowest BCUT2D eigenvalue weighted by atomic mass is 9.79. The first-order valence-electron chi connectivity index (χ1n) is 7.51. The first-order chi connectivity index (χ1) is 10.0. The molecule has 0 aliphatic heterocycles. The highest BCUT2D eigenvalue weighted by atomic mass is 35.5. The smallest absolute Gasteiger partial charge is 0.142 e. The van der Waals surface area contributed by atoms with E-state index in [1.54, 1.807) is 0 Å². The zero-order valence-corrected chi connectivity index (χ0v) is 13.7. The van der Waals surface area contributed by atoms with Crippen LogP contribution in [0, 0.1) is 17.7 Å². The minimum atomic E-state index is -0.449. The van der Waals surface area contributed by atoms with E-state index < -0.39 is 5.82 Å². The summed E-state index contributed by atoms with van der Waals surface area (Å²) in [4.78, 5) is 0. The van der Waals surface area contributed by atoms with Crippen LogP contribution in [-0.2, 0) is 0 Å². The molecule has 3 atom stereocenters. The standard InChI is InChI=1S/C16H22Cl2FNO/c1-10(13-6-16(19)15(18)7-14(13)17)20-8-11-4-2-3-5-12(11)9-21/h6-7,10-12,20-21H,2-5,8-9H2,1H3. The lowest BCUT2D eigenvalue weighted by molar-refractivity contribution is 0.131. The molecule has 0 heterocycles. The van der Waals surface area contributed by atoms with E-state index in [1.165, 1.54) is 25.0 Å². The van der Waals surface area contributed by atoms with Gasteiger partial charge in [0.05, 0.1) is 5.02 Å². The van der Waals surface area contributed by atoms with Crippen molar-refractivity contribution < 1.29 is 9.50 Å². The van der Waals surface area contributed by atoms with Crippen molar-refractivity contribution in [2.24, 2.45) is 11.8 Å². The van der Waals surface area contributed by atoms with Gasteiger partial charge in [-0.25, -0.2) is 4.39 Å². The van der Waals surface area contributed by atoms with Gasteiger partial charge in [0.15, 0.2) is 0 Å². The molecule has 2 nitrogen and oxygen atoms in total. The molecule has 2 rings (SSSR count). The zero-order chi connectivity index (χ0) is 15.4. The van der Waals surface area contributed by atoms with Crippen molar-refractivity contribution >= 4 is 23.2 Å². The Kier molecular flexibility index (Phi) is 6.30. The number of halogens is 3. The third-order valence-electron chi connectivity index (χ3n) is 4.49. The third kappa shape index (κ3) is 4.32. The summed E-state index contributed by atoms with van der Waals surface area (Å²) in [6.45, 7) is 3.02. The van der Waals surface area contributed by atoms with Gasteiger partial charge in [0.1, 0.15) is 5.82 Å². The molecule has 0 spiro atoms. The average molecular weight is 334 g/mol. The number of nitrogens with one attached hydrogen (secondary N) is 1. The van der Waals surface area contributed by atoms with Crippen molar-refractivity contribution in [3.63, 3.8) is 0 Å². The van der Waals surface area contributed by atoms with E-state index >= 15 is 0 Å². The molecule has 1 aromatic rings. The lowest BCUT2D eigenvalue weighted by Gasteiger charge is -2.31. The molecule has 5 heteroatoms. The highest BCUT2D eigenvalue weighted by molar-refractivity contribution is 6.35. The molecule has 3 unspecified atom stereocenters. The molecule has 1 aromatic carbocycles. The summed E-state index contributed by atoms with van der Waals surface area (Å²) < 4.78 is 13.6. The molecule has 1 aliphatic carbocycles. The van der Waals surface area contributed by atoms with Crippen LogP contribution in [0.25, 0.3) is 0 Å². The summed E-state index contributed by atoms with van der Waals surface area (Å²) in [5, 5.41) is 13.4. The molecule has 118 valence electrons. The molecule has 0 radical (unpaired) electrons. The number of benzene rings is 1. The minimum absolute atomic E-state index is 0.0450. The predicted octanol–water partition coefficient (Wildman–Crippen LogP) is 4.58. The highest BCUT2D eigenvalue weighted by Gasteiger charge is 2.25. The number of aliphatic hydroxyl groups excluding tert-OH is 1. The van der Waals surface area contributed by atoms with Gasteiger partial charge in [0.25, 0.3) is 0 Å². The number of rotatable bonds is 5. The Morgan fingerprint density at radius 3 is 2.57 bits per heavy atom. The monoisotopic (exact) mass is 333 g/mol. The number of hydrogen-bond donors (Lipinski definition) is 2. The van der Waals surface area contributed by atoms with Gasteiger partial charge in [-0.1, -0.05) is 36.0 Å². The minimum Gasteiger partial charge on any atom is -0.396 e. The number of aliphatic hydroxyl groups is 1. The van der Waals surface area contributed by atoms with E-state index in [0.29, 0.717) is 16.9 Å². The fraction of sp³-hybridized carbons (Fsp3) is 0.625. The van der Waals surface area contributed by atoms with Gasteiger partial charge in [0.2, 0.25) is 0 Å². The fourth-order valence-electron chi connectivity index (χ4n) is 3.10. The second kappa shape index (κ2) is 7.77. The first-order valence-corrected chi connectivity index (χ1v) is 8.27. The van der Waals surface area contributed by atoms with Crippen LogP contribution < -0.4 is 5.32 Å². The van der Waals surface area contributed by atoms with E-state index in [4.69, 9.17) is 23.2 Å². The van der Waals surface area contributed by atoms with Crippen molar-refractivity contribution in [3.8, 4) is 0 Å². The summed E-state index contributed by atoms with van der Waals surface area (Å²) in [7, 11) is 0. The maximum atomic E-state index is 13.6. The van der Waals surface area contributed by atoms with Gasteiger partial charge in [-0.05, 0) is 55.8 Å².